The molecule has 146 valence electrons. The van der Waals surface area contributed by atoms with E-state index in [1.165, 1.54) is 24.6 Å². The first-order valence-electron chi connectivity index (χ1n) is 8.79. The van der Waals surface area contributed by atoms with Crippen LogP contribution in [-0.4, -0.2) is 46.1 Å². The van der Waals surface area contributed by atoms with Crippen molar-refractivity contribution in [2.75, 3.05) is 27.3 Å². The van der Waals surface area contributed by atoms with E-state index in [1.807, 2.05) is 38.1 Å². The molecular formula is C20H25NO5S. The summed E-state index contributed by atoms with van der Waals surface area (Å²) < 4.78 is 44.5. The summed E-state index contributed by atoms with van der Waals surface area (Å²) in [6.07, 6.45) is -0.530. The molecule has 0 N–H and O–H groups in total. The maximum absolute atomic E-state index is 13.3. The van der Waals surface area contributed by atoms with Gasteiger partial charge in [-0.25, -0.2) is 8.42 Å². The molecule has 0 saturated carbocycles. The van der Waals surface area contributed by atoms with Crippen LogP contribution in [0.4, 0.5) is 0 Å². The zero-order chi connectivity index (χ0) is 19.6. The highest BCUT2D eigenvalue weighted by atomic mass is 32.2. The summed E-state index contributed by atoms with van der Waals surface area (Å²) in [5.74, 6) is 0.805. The maximum Gasteiger partial charge on any atom is 0.246 e. The predicted octanol–water partition coefficient (Wildman–Crippen LogP) is 3.16. The number of sulfonamides is 1. The summed E-state index contributed by atoms with van der Waals surface area (Å²) in [7, 11) is -0.763. The van der Waals surface area contributed by atoms with Gasteiger partial charge in [-0.05, 0) is 31.5 Å². The molecule has 1 heterocycles. The lowest BCUT2D eigenvalue weighted by molar-refractivity contribution is -0.0557. The molecule has 0 spiro atoms. The topological polar surface area (TPSA) is 65.1 Å². The monoisotopic (exact) mass is 391 g/mol. The fourth-order valence-corrected chi connectivity index (χ4v) is 4.85. The molecule has 7 heteroatoms. The van der Waals surface area contributed by atoms with Crippen molar-refractivity contribution >= 4 is 10.0 Å². The number of hydrogen-bond donors (Lipinski definition) is 0. The van der Waals surface area contributed by atoms with Crippen LogP contribution in [0, 0.1) is 6.92 Å². The van der Waals surface area contributed by atoms with E-state index >= 15 is 0 Å². The van der Waals surface area contributed by atoms with Crippen LogP contribution >= 0.6 is 0 Å². The lowest BCUT2D eigenvalue weighted by Gasteiger charge is -2.36. The Morgan fingerprint density at radius 1 is 1.04 bits per heavy atom. The molecular weight excluding hydrogens is 366 g/mol. The van der Waals surface area contributed by atoms with Crippen LogP contribution in [-0.2, 0) is 14.8 Å². The maximum atomic E-state index is 13.3. The SMILES string of the molecule is COc1ccc(S(=O)(=O)N2CC(C)OC(c3ccc(C)cc3)C2)c(OC)c1. The van der Waals surface area contributed by atoms with Crippen molar-refractivity contribution in [2.45, 2.75) is 31.0 Å². The smallest absolute Gasteiger partial charge is 0.246 e. The lowest BCUT2D eigenvalue weighted by Crippen LogP contribution is -2.45. The van der Waals surface area contributed by atoms with Gasteiger partial charge in [0.1, 0.15) is 16.4 Å². The average molecular weight is 391 g/mol. The van der Waals surface area contributed by atoms with Gasteiger partial charge in [-0.3, -0.25) is 0 Å². The van der Waals surface area contributed by atoms with Gasteiger partial charge in [0.25, 0.3) is 0 Å². The number of methoxy groups -OCH3 is 2. The van der Waals surface area contributed by atoms with Crippen molar-refractivity contribution in [3.63, 3.8) is 0 Å². The first-order valence-corrected chi connectivity index (χ1v) is 10.2. The molecule has 27 heavy (non-hydrogen) atoms. The van der Waals surface area contributed by atoms with Crippen LogP contribution in [0.2, 0.25) is 0 Å². The zero-order valence-electron chi connectivity index (χ0n) is 16.0. The molecule has 1 aliphatic rings. The van der Waals surface area contributed by atoms with Crippen molar-refractivity contribution in [1.29, 1.82) is 0 Å². The molecule has 1 saturated heterocycles. The fraction of sp³-hybridized carbons (Fsp3) is 0.400. The Morgan fingerprint density at radius 3 is 2.37 bits per heavy atom. The largest absolute Gasteiger partial charge is 0.497 e. The first kappa shape index (κ1) is 19.7. The normalized spacial score (nSPS) is 21.0. The van der Waals surface area contributed by atoms with E-state index in [1.54, 1.807) is 12.1 Å². The second kappa shape index (κ2) is 7.88. The number of morpholine rings is 1. The van der Waals surface area contributed by atoms with Crippen molar-refractivity contribution < 1.29 is 22.6 Å². The van der Waals surface area contributed by atoms with Gasteiger partial charge < -0.3 is 14.2 Å². The molecule has 2 unspecified atom stereocenters. The van der Waals surface area contributed by atoms with Gasteiger partial charge in [0.2, 0.25) is 10.0 Å². The Hall–Kier alpha value is -2.09. The molecule has 6 nitrogen and oxygen atoms in total. The Labute approximate surface area is 160 Å². The second-order valence-corrected chi connectivity index (χ2v) is 8.59. The molecule has 2 aromatic carbocycles. The predicted molar refractivity (Wildman–Crippen MR) is 103 cm³/mol. The van der Waals surface area contributed by atoms with Gasteiger partial charge in [-0.15, -0.1) is 0 Å². The number of benzene rings is 2. The molecule has 0 radical (unpaired) electrons. The summed E-state index contributed by atoms with van der Waals surface area (Å²) in [6, 6.07) is 12.7. The third-order valence-electron chi connectivity index (χ3n) is 4.66. The number of hydrogen-bond acceptors (Lipinski definition) is 5. The highest BCUT2D eigenvalue weighted by Gasteiger charge is 2.36. The molecule has 1 aliphatic heterocycles. The van der Waals surface area contributed by atoms with Crippen LogP contribution < -0.4 is 9.47 Å². The standard InChI is InChI=1S/C20H25NO5S/c1-14-5-7-16(8-6-14)19-13-21(12-15(2)26-19)27(22,23)20-10-9-17(24-3)11-18(20)25-4/h5-11,15,19H,12-13H2,1-4H3. The summed E-state index contributed by atoms with van der Waals surface area (Å²) in [6.45, 7) is 4.44. The van der Waals surface area contributed by atoms with Crippen LogP contribution in [0.25, 0.3) is 0 Å². The van der Waals surface area contributed by atoms with Crippen LogP contribution in [0.15, 0.2) is 47.4 Å². The summed E-state index contributed by atoms with van der Waals surface area (Å²) in [5.41, 5.74) is 2.11. The van der Waals surface area contributed by atoms with E-state index < -0.39 is 10.0 Å². The average Bonchev–Trinajstić information content (AvgIpc) is 2.67. The van der Waals surface area contributed by atoms with E-state index in [4.69, 9.17) is 14.2 Å². The van der Waals surface area contributed by atoms with Gasteiger partial charge in [0.05, 0.1) is 26.4 Å². The van der Waals surface area contributed by atoms with Gasteiger partial charge in [-0.1, -0.05) is 29.8 Å². The Balaban J connectivity index is 1.93. The summed E-state index contributed by atoms with van der Waals surface area (Å²) in [5, 5.41) is 0. The lowest BCUT2D eigenvalue weighted by atomic mass is 10.1. The van der Waals surface area contributed by atoms with Gasteiger partial charge in [0, 0.05) is 19.2 Å². The number of nitrogens with zero attached hydrogens (tertiary/aromatic N) is 1. The summed E-state index contributed by atoms with van der Waals surface area (Å²) >= 11 is 0. The first-order chi connectivity index (χ1) is 12.8. The Morgan fingerprint density at radius 2 is 1.74 bits per heavy atom. The minimum absolute atomic E-state index is 0.127. The number of aryl methyl sites for hydroxylation is 1. The molecule has 0 aliphatic carbocycles. The highest BCUT2D eigenvalue weighted by Crippen LogP contribution is 2.34. The quantitative estimate of drug-likeness (QED) is 0.783. The second-order valence-electron chi connectivity index (χ2n) is 6.68. The molecule has 2 atom stereocenters. The molecule has 0 aromatic heterocycles. The van der Waals surface area contributed by atoms with E-state index in [9.17, 15) is 8.42 Å². The third-order valence-corrected chi connectivity index (χ3v) is 6.54. The van der Waals surface area contributed by atoms with Gasteiger partial charge in [-0.2, -0.15) is 4.31 Å². The molecule has 3 rings (SSSR count). The van der Waals surface area contributed by atoms with Crippen molar-refractivity contribution in [1.82, 2.24) is 4.31 Å². The Kier molecular flexibility index (Phi) is 5.74. The number of rotatable bonds is 5. The highest BCUT2D eigenvalue weighted by molar-refractivity contribution is 7.89. The fourth-order valence-electron chi connectivity index (χ4n) is 3.20. The zero-order valence-corrected chi connectivity index (χ0v) is 16.8. The van der Waals surface area contributed by atoms with Crippen LogP contribution in [0.5, 0.6) is 11.5 Å². The van der Waals surface area contributed by atoms with Crippen LogP contribution in [0.1, 0.15) is 24.2 Å². The number of ether oxygens (including phenoxy) is 3. The van der Waals surface area contributed by atoms with Gasteiger partial charge >= 0.3 is 0 Å². The van der Waals surface area contributed by atoms with E-state index in [2.05, 4.69) is 0 Å². The molecule has 1 fully saturated rings. The van der Waals surface area contributed by atoms with Crippen molar-refractivity contribution in [3.8, 4) is 11.5 Å². The molecule has 0 amide bonds. The van der Waals surface area contributed by atoms with Crippen LogP contribution in [0.3, 0.4) is 0 Å². The minimum atomic E-state index is -3.74. The molecule has 0 bridgehead atoms. The molecule has 2 aromatic rings. The van der Waals surface area contributed by atoms with Crippen molar-refractivity contribution in [3.05, 3.63) is 53.6 Å². The summed E-state index contributed by atoms with van der Waals surface area (Å²) in [4.78, 5) is 0.127. The van der Waals surface area contributed by atoms with E-state index in [0.717, 1.165) is 11.1 Å². The van der Waals surface area contributed by atoms with Gasteiger partial charge in [0.15, 0.2) is 0 Å². The minimum Gasteiger partial charge on any atom is -0.497 e. The Bertz CT molecular complexity index is 895. The van der Waals surface area contributed by atoms with E-state index in [-0.39, 0.29) is 29.4 Å². The van der Waals surface area contributed by atoms with Crippen molar-refractivity contribution in [2.24, 2.45) is 0 Å². The third kappa shape index (κ3) is 4.10. The van der Waals surface area contributed by atoms with E-state index in [0.29, 0.717) is 12.3 Å².